The van der Waals surface area contributed by atoms with Gasteiger partial charge in [0.05, 0.1) is 21.3 Å². The molecule has 7 heteroatoms. The molecule has 0 saturated carbocycles. The van der Waals surface area contributed by atoms with Crippen molar-refractivity contribution >= 4 is 34.9 Å². The molecule has 15 heavy (non-hydrogen) atoms. The third-order valence-corrected chi connectivity index (χ3v) is 2.37. The summed E-state index contributed by atoms with van der Waals surface area (Å²) in [6, 6.07) is 2.27. The van der Waals surface area contributed by atoms with E-state index in [1.807, 2.05) is 0 Å². The lowest BCUT2D eigenvalue weighted by Crippen LogP contribution is -2.27. The van der Waals surface area contributed by atoms with Gasteiger partial charge in [-0.2, -0.15) is 8.78 Å². The number of aliphatic carboxylic acids is 1. The van der Waals surface area contributed by atoms with Crippen molar-refractivity contribution in [2.45, 2.75) is 5.92 Å². The van der Waals surface area contributed by atoms with Crippen LogP contribution >= 0.6 is 23.2 Å². The monoisotopic (exact) mass is 255 g/mol. The molecule has 0 fully saturated rings. The molecule has 0 spiro atoms. The molecule has 0 aliphatic carbocycles. The van der Waals surface area contributed by atoms with E-state index >= 15 is 0 Å². The van der Waals surface area contributed by atoms with Gasteiger partial charge < -0.3 is 10.8 Å². The summed E-state index contributed by atoms with van der Waals surface area (Å²) >= 11 is 10.9. The number of rotatable bonds is 2. The van der Waals surface area contributed by atoms with Crippen LogP contribution in [0.2, 0.25) is 10.0 Å². The Morgan fingerprint density at radius 3 is 2.27 bits per heavy atom. The van der Waals surface area contributed by atoms with Crippen LogP contribution in [0.5, 0.6) is 0 Å². The average molecular weight is 256 g/mol. The van der Waals surface area contributed by atoms with Crippen LogP contribution in [0.25, 0.3) is 0 Å². The third-order valence-electron chi connectivity index (χ3n) is 1.72. The van der Waals surface area contributed by atoms with Crippen molar-refractivity contribution in [2.75, 3.05) is 5.73 Å². The van der Waals surface area contributed by atoms with Crippen LogP contribution in [0.1, 0.15) is 5.56 Å². The summed E-state index contributed by atoms with van der Waals surface area (Å²) in [4.78, 5) is 10.3. The van der Waals surface area contributed by atoms with Gasteiger partial charge in [0, 0.05) is 0 Å². The van der Waals surface area contributed by atoms with Crippen molar-refractivity contribution in [1.29, 1.82) is 0 Å². The molecule has 0 atom stereocenters. The minimum absolute atomic E-state index is 0.171. The van der Waals surface area contributed by atoms with Crippen molar-refractivity contribution in [3.8, 4) is 0 Å². The maximum Gasteiger partial charge on any atom is 0.379 e. The van der Waals surface area contributed by atoms with Gasteiger partial charge in [-0.25, -0.2) is 4.79 Å². The maximum absolute atomic E-state index is 13.2. The minimum atomic E-state index is -4.16. The molecule has 0 bridgehead atoms. The Kier molecular flexibility index (Phi) is 3.06. The molecule has 3 N–H and O–H groups in total. The second-order valence-electron chi connectivity index (χ2n) is 2.70. The highest BCUT2D eigenvalue weighted by molar-refractivity contribution is 6.36. The van der Waals surface area contributed by atoms with Crippen LogP contribution in [0.3, 0.4) is 0 Å². The van der Waals surface area contributed by atoms with Crippen molar-refractivity contribution in [1.82, 2.24) is 0 Å². The highest BCUT2D eigenvalue weighted by atomic mass is 35.5. The van der Waals surface area contributed by atoms with Crippen molar-refractivity contribution < 1.29 is 18.7 Å². The lowest BCUT2D eigenvalue weighted by atomic mass is 10.1. The molecular formula is C8H5Cl2F2NO2. The lowest BCUT2D eigenvalue weighted by Gasteiger charge is -2.16. The fourth-order valence-corrected chi connectivity index (χ4v) is 1.43. The predicted octanol–water partition coefficient (Wildman–Crippen LogP) is 2.75. The summed E-state index contributed by atoms with van der Waals surface area (Å²) < 4.78 is 26.3. The van der Waals surface area contributed by atoms with E-state index in [4.69, 9.17) is 34.0 Å². The van der Waals surface area contributed by atoms with E-state index in [0.717, 1.165) is 6.07 Å². The number of carboxylic acids is 1. The maximum atomic E-state index is 13.2. The number of carboxylic acid groups (broad SMARTS) is 1. The first-order valence-electron chi connectivity index (χ1n) is 3.63. The second-order valence-corrected chi connectivity index (χ2v) is 3.51. The van der Waals surface area contributed by atoms with Gasteiger partial charge in [0.1, 0.15) is 0 Å². The van der Waals surface area contributed by atoms with E-state index in [-0.39, 0.29) is 5.02 Å². The summed E-state index contributed by atoms with van der Waals surface area (Å²) in [7, 11) is 0. The molecule has 1 aromatic rings. The van der Waals surface area contributed by atoms with Crippen LogP contribution in [0.15, 0.2) is 12.1 Å². The fourth-order valence-electron chi connectivity index (χ4n) is 0.994. The predicted molar refractivity (Wildman–Crippen MR) is 52.4 cm³/mol. The molecule has 0 amide bonds. The number of nitrogen functional groups attached to an aromatic ring is 1. The molecule has 0 aliphatic rings. The number of hydrogen-bond donors (Lipinski definition) is 2. The zero-order valence-corrected chi connectivity index (χ0v) is 8.61. The van der Waals surface area contributed by atoms with E-state index in [0.29, 0.717) is 0 Å². The van der Waals surface area contributed by atoms with Gasteiger partial charge in [0.2, 0.25) is 0 Å². The number of hydrogen-bond acceptors (Lipinski definition) is 2. The van der Waals surface area contributed by atoms with Gasteiger partial charge in [-0.05, 0) is 12.1 Å². The number of halogens is 4. The quantitative estimate of drug-likeness (QED) is 0.799. The van der Waals surface area contributed by atoms with Crippen LogP contribution < -0.4 is 5.73 Å². The molecule has 0 unspecified atom stereocenters. The van der Waals surface area contributed by atoms with Gasteiger partial charge in [-0.1, -0.05) is 23.2 Å². The summed E-state index contributed by atoms with van der Waals surface area (Å²) in [6.07, 6.45) is 0. The molecule has 3 nitrogen and oxygen atoms in total. The number of anilines is 1. The first kappa shape index (κ1) is 12.0. The Morgan fingerprint density at radius 1 is 1.33 bits per heavy atom. The molecule has 82 valence electrons. The van der Waals surface area contributed by atoms with Gasteiger partial charge in [-0.3, -0.25) is 0 Å². The highest BCUT2D eigenvalue weighted by Crippen LogP contribution is 2.40. The molecular weight excluding hydrogens is 251 g/mol. The summed E-state index contributed by atoms with van der Waals surface area (Å²) in [5, 5.41) is 7.72. The molecule has 0 aromatic heterocycles. The fraction of sp³-hybridized carbons (Fsp3) is 0.125. The van der Waals surface area contributed by atoms with E-state index in [1.54, 1.807) is 0 Å². The Balaban J connectivity index is 3.49. The van der Waals surface area contributed by atoms with E-state index < -0.39 is 28.2 Å². The van der Waals surface area contributed by atoms with Crippen LogP contribution in [-0.4, -0.2) is 11.1 Å². The van der Waals surface area contributed by atoms with Gasteiger partial charge >= 0.3 is 11.9 Å². The molecule has 0 radical (unpaired) electrons. The van der Waals surface area contributed by atoms with Crippen LogP contribution in [-0.2, 0) is 10.7 Å². The lowest BCUT2D eigenvalue weighted by molar-refractivity contribution is -0.166. The minimum Gasteiger partial charge on any atom is -0.477 e. The van der Waals surface area contributed by atoms with E-state index in [9.17, 15) is 13.6 Å². The van der Waals surface area contributed by atoms with Crippen LogP contribution in [0.4, 0.5) is 14.5 Å². The largest absolute Gasteiger partial charge is 0.477 e. The van der Waals surface area contributed by atoms with Gasteiger partial charge in [0.15, 0.2) is 0 Å². The second kappa shape index (κ2) is 3.83. The molecule has 1 aromatic carbocycles. The first-order chi connectivity index (χ1) is 6.78. The van der Waals surface area contributed by atoms with E-state index in [1.165, 1.54) is 6.07 Å². The Labute approximate surface area is 93.4 Å². The van der Waals surface area contributed by atoms with Crippen molar-refractivity contribution in [2.24, 2.45) is 0 Å². The normalized spacial score (nSPS) is 11.5. The van der Waals surface area contributed by atoms with Gasteiger partial charge in [-0.15, -0.1) is 0 Å². The smallest absolute Gasteiger partial charge is 0.379 e. The topological polar surface area (TPSA) is 63.3 Å². The third kappa shape index (κ3) is 1.98. The van der Waals surface area contributed by atoms with Crippen molar-refractivity contribution in [3.63, 3.8) is 0 Å². The number of carbonyl (C=O) groups is 1. The van der Waals surface area contributed by atoms with Crippen molar-refractivity contribution in [3.05, 3.63) is 27.7 Å². The Hall–Kier alpha value is -1.07. The zero-order valence-electron chi connectivity index (χ0n) is 7.10. The van der Waals surface area contributed by atoms with Gasteiger partial charge in [0.25, 0.3) is 0 Å². The standard InChI is InChI=1S/C8H5Cl2F2NO2/c9-3-1-2-4(10)6(13)5(3)8(11,12)7(14)15/h1-2H,13H2,(H,14,15). The summed E-state index contributed by atoms with van der Waals surface area (Å²) in [6.45, 7) is 0. The summed E-state index contributed by atoms with van der Waals surface area (Å²) in [5.41, 5.74) is 3.73. The number of nitrogens with two attached hydrogens (primary N) is 1. The number of benzene rings is 1. The number of alkyl halides is 2. The molecule has 0 heterocycles. The Morgan fingerprint density at radius 2 is 1.80 bits per heavy atom. The Bertz CT molecular complexity index is 423. The molecule has 0 aliphatic heterocycles. The first-order valence-corrected chi connectivity index (χ1v) is 4.39. The van der Waals surface area contributed by atoms with E-state index in [2.05, 4.69) is 0 Å². The average Bonchev–Trinajstić information content (AvgIpc) is 2.11. The highest BCUT2D eigenvalue weighted by Gasteiger charge is 2.44. The molecule has 1 rings (SSSR count). The zero-order chi connectivity index (χ0) is 11.8. The SMILES string of the molecule is Nc1c(Cl)ccc(Cl)c1C(F)(F)C(=O)O. The molecule has 0 saturated heterocycles. The van der Waals surface area contributed by atoms with Crippen LogP contribution in [0, 0.1) is 0 Å². The summed E-state index contributed by atoms with van der Waals surface area (Å²) in [5.74, 6) is -6.50.